The summed E-state index contributed by atoms with van der Waals surface area (Å²) in [7, 11) is 1.36. The van der Waals surface area contributed by atoms with Gasteiger partial charge in [0.25, 0.3) is 5.91 Å². The van der Waals surface area contributed by atoms with Gasteiger partial charge in [0.05, 0.1) is 0 Å². The number of carboxylic acid groups (broad SMARTS) is 1. The number of aliphatic carboxylic acids is 1. The number of carbonyl (C=O) groups excluding carboxylic acids is 1. The second-order valence-electron chi connectivity index (χ2n) is 3.54. The van der Waals surface area contributed by atoms with Crippen LogP contribution in [0.4, 0.5) is 0 Å². The third-order valence-corrected chi connectivity index (χ3v) is 2.77. The van der Waals surface area contributed by atoms with E-state index in [4.69, 9.17) is 15.6 Å². The van der Waals surface area contributed by atoms with E-state index < -0.39 is 23.5 Å². The van der Waals surface area contributed by atoms with Crippen molar-refractivity contribution in [2.45, 2.75) is 38.3 Å². The molecule has 0 saturated carbocycles. The summed E-state index contributed by atoms with van der Waals surface area (Å²) < 4.78 is 4.85. The van der Waals surface area contributed by atoms with Gasteiger partial charge in [-0.1, -0.05) is 13.8 Å². The Morgan fingerprint density at radius 2 is 1.94 bits per heavy atom. The summed E-state index contributed by atoms with van der Waals surface area (Å²) >= 11 is 0. The molecule has 0 aromatic carbocycles. The molecule has 6 heteroatoms. The lowest BCUT2D eigenvalue weighted by atomic mass is 9.92. The summed E-state index contributed by atoms with van der Waals surface area (Å²) in [5.41, 5.74) is 4.10. The van der Waals surface area contributed by atoms with E-state index in [2.05, 4.69) is 5.32 Å². The number of hydrogen-bond donors (Lipinski definition) is 3. The molecule has 94 valence electrons. The largest absolute Gasteiger partial charge is 0.480 e. The molecule has 0 aliphatic carbocycles. The van der Waals surface area contributed by atoms with Crippen LogP contribution in [-0.4, -0.2) is 42.3 Å². The molecule has 0 fully saturated rings. The zero-order chi connectivity index (χ0) is 12.8. The Morgan fingerprint density at radius 3 is 2.19 bits per heavy atom. The minimum atomic E-state index is -1.23. The van der Waals surface area contributed by atoms with Crippen LogP contribution < -0.4 is 11.1 Å². The van der Waals surface area contributed by atoms with Gasteiger partial charge in [-0.3, -0.25) is 4.79 Å². The minimum absolute atomic E-state index is 0.0193. The SMILES string of the molecule is CCC(CC)(NC(=O)C(CN)OC)C(=O)O. The van der Waals surface area contributed by atoms with Gasteiger partial charge in [0.15, 0.2) is 0 Å². The maximum atomic E-state index is 11.7. The molecule has 0 aromatic heterocycles. The molecule has 0 bridgehead atoms. The van der Waals surface area contributed by atoms with Crippen LogP contribution in [-0.2, 0) is 14.3 Å². The highest BCUT2D eigenvalue weighted by molar-refractivity contribution is 5.89. The number of methoxy groups -OCH3 is 1. The number of nitrogens with two attached hydrogens (primary N) is 1. The Labute approximate surface area is 95.1 Å². The smallest absolute Gasteiger partial charge is 0.329 e. The number of carbonyl (C=O) groups is 2. The van der Waals surface area contributed by atoms with E-state index >= 15 is 0 Å². The molecule has 0 heterocycles. The van der Waals surface area contributed by atoms with Crippen LogP contribution in [0.25, 0.3) is 0 Å². The second-order valence-corrected chi connectivity index (χ2v) is 3.54. The van der Waals surface area contributed by atoms with Gasteiger partial charge in [-0.15, -0.1) is 0 Å². The molecule has 0 aliphatic heterocycles. The van der Waals surface area contributed by atoms with Crippen molar-refractivity contribution >= 4 is 11.9 Å². The van der Waals surface area contributed by atoms with Crippen LogP contribution in [0.1, 0.15) is 26.7 Å². The lowest BCUT2D eigenvalue weighted by Gasteiger charge is -2.29. The molecule has 0 spiro atoms. The van der Waals surface area contributed by atoms with Crippen LogP contribution >= 0.6 is 0 Å². The molecule has 4 N–H and O–H groups in total. The predicted octanol–water partition coefficient (Wildman–Crippen LogP) is -0.280. The molecule has 0 aliphatic rings. The third-order valence-electron chi connectivity index (χ3n) is 2.77. The molecular formula is C10H20N2O4. The first-order chi connectivity index (χ1) is 7.47. The maximum Gasteiger partial charge on any atom is 0.329 e. The van der Waals surface area contributed by atoms with Crippen LogP contribution in [0.15, 0.2) is 0 Å². The first kappa shape index (κ1) is 14.9. The van der Waals surface area contributed by atoms with Crippen LogP contribution in [0, 0.1) is 0 Å². The van der Waals surface area contributed by atoms with Gasteiger partial charge in [-0.2, -0.15) is 0 Å². The van der Waals surface area contributed by atoms with Crippen molar-refractivity contribution in [2.75, 3.05) is 13.7 Å². The van der Waals surface area contributed by atoms with E-state index in [0.29, 0.717) is 12.8 Å². The highest BCUT2D eigenvalue weighted by Crippen LogP contribution is 2.15. The van der Waals surface area contributed by atoms with Crippen LogP contribution in [0.5, 0.6) is 0 Å². The molecule has 0 radical (unpaired) electrons. The number of carboxylic acids is 1. The number of ether oxygens (including phenoxy) is 1. The maximum absolute atomic E-state index is 11.7. The first-order valence-corrected chi connectivity index (χ1v) is 5.25. The van der Waals surface area contributed by atoms with E-state index in [9.17, 15) is 9.59 Å². The highest BCUT2D eigenvalue weighted by atomic mass is 16.5. The molecule has 0 aromatic rings. The molecule has 1 unspecified atom stereocenters. The Morgan fingerprint density at radius 1 is 1.44 bits per heavy atom. The number of nitrogens with one attached hydrogen (secondary N) is 1. The van der Waals surface area contributed by atoms with Gasteiger partial charge in [-0.05, 0) is 12.8 Å². The van der Waals surface area contributed by atoms with Crippen molar-refractivity contribution in [3.05, 3.63) is 0 Å². The van der Waals surface area contributed by atoms with Crippen molar-refractivity contribution < 1.29 is 19.4 Å². The minimum Gasteiger partial charge on any atom is -0.480 e. The summed E-state index contributed by atoms with van der Waals surface area (Å²) in [5.74, 6) is -1.53. The zero-order valence-electron chi connectivity index (χ0n) is 9.95. The summed E-state index contributed by atoms with van der Waals surface area (Å²) in [4.78, 5) is 22.8. The van der Waals surface area contributed by atoms with Gasteiger partial charge in [0, 0.05) is 13.7 Å². The third kappa shape index (κ3) is 3.18. The monoisotopic (exact) mass is 232 g/mol. The van der Waals surface area contributed by atoms with E-state index in [-0.39, 0.29) is 6.54 Å². The second kappa shape index (κ2) is 6.44. The average molecular weight is 232 g/mol. The van der Waals surface area contributed by atoms with Gasteiger partial charge in [0.2, 0.25) is 0 Å². The van der Waals surface area contributed by atoms with E-state index in [0.717, 1.165) is 0 Å². The van der Waals surface area contributed by atoms with Crippen molar-refractivity contribution in [1.82, 2.24) is 5.32 Å². The van der Waals surface area contributed by atoms with Crippen LogP contribution in [0.2, 0.25) is 0 Å². The van der Waals surface area contributed by atoms with Gasteiger partial charge in [-0.25, -0.2) is 4.79 Å². The molecule has 0 rings (SSSR count). The van der Waals surface area contributed by atoms with Crippen molar-refractivity contribution in [3.8, 4) is 0 Å². The quantitative estimate of drug-likeness (QED) is 0.560. The van der Waals surface area contributed by atoms with E-state index in [1.165, 1.54) is 7.11 Å². The van der Waals surface area contributed by atoms with Crippen molar-refractivity contribution in [1.29, 1.82) is 0 Å². The van der Waals surface area contributed by atoms with Crippen LogP contribution in [0.3, 0.4) is 0 Å². The fraction of sp³-hybridized carbons (Fsp3) is 0.800. The van der Waals surface area contributed by atoms with Crippen molar-refractivity contribution in [3.63, 3.8) is 0 Å². The standard InChI is InChI=1S/C10H20N2O4/c1-4-10(5-2,9(14)15)12-8(13)7(6-11)16-3/h7H,4-6,11H2,1-3H3,(H,12,13)(H,14,15). The fourth-order valence-electron chi connectivity index (χ4n) is 1.41. The van der Waals surface area contributed by atoms with E-state index in [1.54, 1.807) is 13.8 Å². The summed E-state index contributed by atoms with van der Waals surface area (Å²) in [6, 6.07) is 0. The Balaban J connectivity index is 4.76. The van der Waals surface area contributed by atoms with Gasteiger partial charge in [0.1, 0.15) is 11.6 Å². The first-order valence-electron chi connectivity index (χ1n) is 5.25. The molecule has 16 heavy (non-hydrogen) atoms. The topological polar surface area (TPSA) is 102 Å². The Kier molecular flexibility index (Phi) is 5.98. The number of hydrogen-bond acceptors (Lipinski definition) is 4. The molecule has 0 saturated heterocycles. The molecule has 1 atom stereocenters. The number of rotatable bonds is 7. The van der Waals surface area contributed by atoms with Crippen molar-refractivity contribution in [2.24, 2.45) is 5.73 Å². The normalized spacial score (nSPS) is 13.2. The Hall–Kier alpha value is -1.14. The predicted molar refractivity (Wildman–Crippen MR) is 58.9 cm³/mol. The van der Waals surface area contributed by atoms with Gasteiger partial charge < -0.3 is 20.9 Å². The lowest BCUT2D eigenvalue weighted by molar-refractivity contribution is -0.150. The van der Waals surface area contributed by atoms with Gasteiger partial charge >= 0.3 is 5.97 Å². The fourth-order valence-corrected chi connectivity index (χ4v) is 1.41. The summed E-state index contributed by atoms with van der Waals surface area (Å²) in [6.07, 6.45) is -0.186. The number of amides is 1. The van der Waals surface area contributed by atoms with E-state index in [1.807, 2.05) is 0 Å². The average Bonchev–Trinajstić information content (AvgIpc) is 2.27. The zero-order valence-corrected chi connectivity index (χ0v) is 9.95. The summed E-state index contributed by atoms with van der Waals surface area (Å²) in [5, 5.41) is 11.6. The summed E-state index contributed by atoms with van der Waals surface area (Å²) in [6.45, 7) is 3.44. The molecule has 1 amide bonds. The Bertz CT molecular complexity index is 247. The molecular weight excluding hydrogens is 212 g/mol. The highest BCUT2D eigenvalue weighted by Gasteiger charge is 2.37. The lowest BCUT2D eigenvalue weighted by Crippen LogP contribution is -2.57. The molecule has 6 nitrogen and oxygen atoms in total.